The van der Waals surface area contributed by atoms with Gasteiger partial charge in [0.25, 0.3) is 0 Å². The Morgan fingerprint density at radius 3 is 2.53 bits per heavy atom. The van der Waals surface area contributed by atoms with E-state index in [2.05, 4.69) is 15.9 Å². The molecule has 0 saturated heterocycles. The van der Waals surface area contributed by atoms with E-state index in [0.29, 0.717) is 21.8 Å². The first-order chi connectivity index (χ1) is 9.08. The zero-order valence-electron chi connectivity index (χ0n) is 10.7. The first-order valence-corrected chi connectivity index (χ1v) is 7.93. The molecule has 0 bridgehead atoms. The van der Waals surface area contributed by atoms with Crippen molar-refractivity contribution in [2.75, 3.05) is 0 Å². The maximum atomic E-state index is 13.8. The fourth-order valence-corrected chi connectivity index (χ4v) is 3.16. The lowest BCUT2D eigenvalue weighted by atomic mass is 9.92. The van der Waals surface area contributed by atoms with Crippen LogP contribution in [-0.2, 0) is 0 Å². The summed E-state index contributed by atoms with van der Waals surface area (Å²) in [6.07, 6.45) is 7.47. The molecule has 19 heavy (non-hydrogen) atoms. The van der Waals surface area contributed by atoms with E-state index in [1.165, 1.54) is 37.8 Å². The molecule has 104 valence electrons. The normalized spacial score (nSPS) is 17.2. The van der Waals surface area contributed by atoms with Gasteiger partial charge in [0.05, 0.1) is 10.6 Å². The van der Waals surface area contributed by atoms with E-state index in [-0.39, 0.29) is 11.3 Å². The summed E-state index contributed by atoms with van der Waals surface area (Å²) in [7, 11) is 0. The topological polar surface area (TPSA) is 17.1 Å². The Balaban J connectivity index is 2.08. The van der Waals surface area contributed by atoms with Crippen LogP contribution in [0.4, 0.5) is 4.39 Å². The van der Waals surface area contributed by atoms with Crippen LogP contribution >= 0.6 is 27.5 Å². The smallest absolute Gasteiger partial charge is 0.166 e. The zero-order valence-corrected chi connectivity index (χ0v) is 13.1. The number of ketones is 1. The molecule has 1 aliphatic rings. The van der Waals surface area contributed by atoms with E-state index >= 15 is 0 Å². The third-order valence-electron chi connectivity index (χ3n) is 3.76. The van der Waals surface area contributed by atoms with Crippen LogP contribution in [0.1, 0.15) is 55.3 Å². The van der Waals surface area contributed by atoms with Crippen molar-refractivity contribution in [3.8, 4) is 0 Å². The van der Waals surface area contributed by atoms with Gasteiger partial charge >= 0.3 is 0 Å². The van der Waals surface area contributed by atoms with Crippen LogP contribution in [0.2, 0.25) is 5.02 Å². The first-order valence-electron chi connectivity index (χ1n) is 6.75. The lowest BCUT2D eigenvalue weighted by Crippen LogP contribution is -2.10. The molecule has 0 atom stereocenters. The molecule has 0 aromatic heterocycles. The molecule has 0 aliphatic heterocycles. The van der Waals surface area contributed by atoms with Gasteiger partial charge in [0.2, 0.25) is 0 Å². The van der Waals surface area contributed by atoms with Crippen molar-refractivity contribution in [3.05, 3.63) is 33.0 Å². The van der Waals surface area contributed by atoms with Crippen LogP contribution in [0, 0.1) is 11.7 Å². The monoisotopic (exact) mass is 346 g/mol. The summed E-state index contributed by atoms with van der Waals surface area (Å²) in [5, 5.41) is 0.380. The fourth-order valence-electron chi connectivity index (χ4n) is 2.68. The van der Waals surface area contributed by atoms with Crippen molar-refractivity contribution in [1.82, 2.24) is 0 Å². The Labute approximate surface area is 126 Å². The molecule has 0 N–H and O–H groups in total. The van der Waals surface area contributed by atoms with Crippen LogP contribution in [0.5, 0.6) is 0 Å². The van der Waals surface area contributed by atoms with Crippen LogP contribution < -0.4 is 0 Å². The fraction of sp³-hybridized carbons (Fsp3) is 0.533. The Morgan fingerprint density at radius 1 is 1.26 bits per heavy atom. The number of carbonyl (C=O) groups excluding carboxylic acids is 1. The molecule has 2 rings (SSSR count). The highest BCUT2D eigenvalue weighted by atomic mass is 79.9. The van der Waals surface area contributed by atoms with Gasteiger partial charge in [-0.2, -0.15) is 0 Å². The molecule has 1 aromatic rings. The summed E-state index contributed by atoms with van der Waals surface area (Å²) in [6, 6.07) is 2.70. The van der Waals surface area contributed by atoms with Gasteiger partial charge in [-0.1, -0.05) is 50.1 Å². The molecule has 1 aliphatic carbocycles. The summed E-state index contributed by atoms with van der Waals surface area (Å²) in [4.78, 5) is 12.2. The molecular formula is C15H17BrClFO. The number of rotatable bonds is 3. The van der Waals surface area contributed by atoms with E-state index in [1.54, 1.807) is 0 Å². The van der Waals surface area contributed by atoms with Gasteiger partial charge in [-0.3, -0.25) is 4.79 Å². The van der Waals surface area contributed by atoms with Crippen LogP contribution in [-0.4, -0.2) is 5.78 Å². The van der Waals surface area contributed by atoms with Crippen molar-refractivity contribution in [3.63, 3.8) is 0 Å². The molecular weight excluding hydrogens is 331 g/mol. The second-order valence-corrected chi connectivity index (χ2v) is 6.49. The molecule has 1 fully saturated rings. The zero-order chi connectivity index (χ0) is 13.8. The van der Waals surface area contributed by atoms with Gasteiger partial charge in [-0.05, 0) is 34.0 Å². The van der Waals surface area contributed by atoms with E-state index in [1.807, 2.05) is 0 Å². The predicted octanol–water partition coefficient (Wildman–Crippen LogP) is 5.78. The van der Waals surface area contributed by atoms with Crippen molar-refractivity contribution in [2.24, 2.45) is 5.92 Å². The minimum Gasteiger partial charge on any atom is -0.294 e. The van der Waals surface area contributed by atoms with Crippen molar-refractivity contribution >= 4 is 33.3 Å². The van der Waals surface area contributed by atoms with Crippen LogP contribution in [0.3, 0.4) is 0 Å². The molecule has 1 saturated carbocycles. The minimum atomic E-state index is -0.491. The minimum absolute atomic E-state index is 0.123. The van der Waals surface area contributed by atoms with Crippen molar-refractivity contribution in [1.29, 1.82) is 0 Å². The number of halogens is 3. The van der Waals surface area contributed by atoms with Gasteiger partial charge in [-0.15, -0.1) is 0 Å². The first kappa shape index (κ1) is 15.0. The Morgan fingerprint density at radius 2 is 1.89 bits per heavy atom. The van der Waals surface area contributed by atoms with Crippen molar-refractivity contribution in [2.45, 2.75) is 44.9 Å². The SMILES string of the molecule is O=C(CC1CCCCCC1)c1cc(Cl)c(Br)cc1F. The van der Waals surface area contributed by atoms with Gasteiger partial charge in [0, 0.05) is 10.9 Å². The highest BCUT2D eigenvalue weighted by molar-refractivity contribution is 9.10. The molecule has 0 heterocycles. The quantitative estimate of drug-likeness (QED) is 0.384. The van der Waals surface area contributed by atoms with E-state index in [9.17, 15) is 9.18 Å². The maximum absolute atomic E-state index is 13.8. The summed E-state index contributed by atoms with van der Waals surface area (Å²) in [5.41, 5.74) is 0.123. The van der Waals surface area contributed by atoms with Crippen LogP contribution in [0.25, 0.3) is 0 Å². The Kier molecular flexibility index (Phi) is 5.40. The van der Waals surface area contributed by atoms with Gasteiger partial charge in [-0.25, -0.2) is 4.39 Å². The Bertz CT molecular complexity index is 467. The van der Waals surface area contributed by atoms with Gasteiger partial charge in [0.15, 0.2) is 5.78 Å². The number of hydrogen-bond acceptors (Lipinski definition) is 1. The molecule has 0 amide bonds. The largest absolute Gasteiger partial charge is 0.294 e. The lowest BCUT2D eigenvalue weighted by molar-refractivity contribution is 0.0953. The van der Waals surface area contributed by atoms with Crippen molar-refractivity contribution < 1.29 is 9.18 Å². The lowest BCUT2D eigenvalue weighted by Gasteiger charge is -2.13. The standard InChI is InChI=1S/C15H17BrClFO/c16-12-9-14(18)11(8-13(12)17)15(19)7-10-5-3-1-2-4-6-10/h8-10H,1-7H2. The summed E-state index contributed by atoms with van der Waals surface area (Å²) in [6.45, 7) is 0. The van der Waals surface area contributed by atoms with Gasteiger partial charge < -0.3 is 0 Å². The second kappa shape index (κ2) is 6.85. The van der Waals surface area contributed by atoms with E-state index < -0.39 is 5.82 Å². The van der Waals surface area contributed by atoms with Crippen LogP contribution in [0.15, 0.2) is 16.6 Å². The Hall–Kier alpha value is -0.410. The number of carbonyl (C=O) groups is 1. The average Bonchev–Trinajstić information content (AvgIpc) is 2.62. The van der Waals surface area contributed by atoms with Gasteiger partial charge in [0.1, 0.15) is 5.82 Å². The third kappa shape index (κ3) is 4.03. The highest BCUT2D eigenvalue weighted by Crippen LogP contribution is 2.30. The number of hydrogen-bond donors (Lipinski definition) is 0. The second-order valence-electron chi connectivity index (χ2n) is 5.23. The molecule has 0 unspecified atom stereocenters. The average molecular weight is 348 g/mol. The van der Waals surface area contributed by atoms with E-state index in [4.69, 9.17) is 11.6 Å². The summed E-state index contributed by atoms with van der Waals surface area (Å²) in [5.74, 6) is -0.217. The summed E-state index contributed by atoms with van der Waals surface area (Å²) < 4.78 is 14.3. The number of Topliss-reactive ketones (excluding diaryl/α,β-unsaturated/α-hetero) is 1. The summed E-state index contributed by atoms with van der Waals surface area (Å²) >= 11 is 9.09. The molecule has 0 radical (unpaired) electrons. The molecule has 0 spiro atoms. The third-order valence-corrected chi connectivity index (χ3v) is 4.96. The maximum Gasteiger partial charge on any atom is 0.166 e. The van der Waals surface area contributed by atoms with E-state index in [0.717, 1.165) is 12.8 Å². The predicted molar refractivity (Wildman–Crippen MR) is 79.2 cm³/mol. The molecule has 1 aromatic carbocycles. The highest BCUT2D eigenvalue weighted by Gasteiger charge is 2.20. The molecule has 1 nitrogen and oxygen atoms in total. The number of benzene rings is 1. The molecule has 4 heteroatoms.